The van der Waals surface area contributed by atoms with Crippen LogP contribution < -0.4 is 5.32 Å². The Morgan fingerprint density at radius 3 is 2.62 bits per heavy atom. The van der Waals surface area contributed by atoms with Gasteiger partial charge in [0.2, 0.25) is 10.0 Å². The average molecular weight is 308 g/mol. The summed E-state index contributed by atoms with van der Waals surface area (Å²) in [6, 6.07) is 10.8. The number of sulfonamides is 1. The highest BCUT2D eigenvalue weighted by Crippen LogP contribution is 2.30. The van der Waals surface area contributed by atoms with Gasteiger partial charge < -0.3 is 5.32 Å². The molecule has 1 saturated carbocycles. The van der Waals surface area contributed by atoms with Crippen molar-refractivity contribution in [1.82, 2.24) is 9.62 Å². The van der Waals surface area contributed by atoms with Crippen molar-refractivity contribution >= 4 is 10.0 Å². The number of benzene rings is 1. The van der Waals surface area contributed by atoms with Gasteiger partial charge in [0.05, 0.1) is 5.25 Å². The lowest BCUT2D eigenvalue weighted by atomic mass is 9.99. The third kappa shape index (κ3) is 3.47. The fraction of sp³-hybridized carbons (Fsp3) is 0.625. The van der Waals surface area contributed by atoms with Gasteiger partial charge in [-0.1, -0.05) is 30.3 Å². The fourth-order valence-corrected chi connectivity index (χ4v) is 4.50. The first-order chi connectivity index (χ1) is 10.1. The van der Waals surface area contributed by atoms with Gasteiger partial charge in [0.1, 0.15) is 0 Å². The number of hydrogen-bond acceptors (Lipinski definition) is 3. The van der Waals surface area contributed by atoms with Gasteiger partial charge in [-0.15, -0.1) is 0 Å². The SMILES string of the molecule is CC(CNC1CC1)S(=O)(=O)N1CCC(c2ccccc2)C1. The van der Waals surface area contributed by atoms with Crippen molar-refractivity contribution in [3.8, 4) is 0 Å². The summed E-state index contributed by atoms with van der Waals surface area (Å²) in [5.41, 5.74) is 1.25. The first-order valence-electron chi connectivity index (χ1n) is 7.84. The predicted octanol–water partition coefficient (Wildman–Crippen LogP) is 1.95. The Hall–Kier alpha value is -0.910. The van der Waals surface area contributed by atoms with E-state index in [9.17, 15) is 8.42 Å². The summed E-state index contributed by atoms with van der Waals surface area (Å²) >= 11 is 0. The van der Waals surface area contributed by atoms with Gasteiger partial charge in [0.15, 0.2) is 0 Å². The molecule has 1 aromatic carbocycles. The molecule has 2 unspecified atom stereocenters. The first-order valence-corrected chi connectivity index (χ1v) is 9.35. The van der Waals surface area contributed by atoms with Crippen molar-refractivity contribution in [1.29, 1.82) is 0 Å². The van der Waals surface area contributed by atoms with Crippen LogP contribution in [0, 0.1) is 0 Å². The molecule has 0 radical (unpaired) electrons. The van der Waals surface area contributed by atoms with Crippen molar-refractivity contribution in [3.63, 3.8) is 0 Å². The molecule has 2 atom stereocenters. The molecule has 0 amide bonds. The van der Waals surface area contributed by atoms with E-state index in [-0.39, 0.29) is 5.25 Å². The molecule has 1 saturated heterocycles. The Morgan fingerprint density at radius 1 is 1.24 bits per heavy atom. The van der Waals surface area contributed by atoms with Crippen LogP contribution >= 0.6 is 0 Å². The minimum atomic E-state index is -3.18. The van der Waals surface area contributed by atoms with Crippen molar-refractivity contribution in [3.05, 3.63) is 35.9 Å². The molecule has 116 valence electrons. The summed E-state index contributed by atoms with van der Waals surface area (Å²) in [4.78, 5) is 0. The standard InChI is InChI=1S/C16H24N2O2S/c1-13(11-17-16-7-8-16)21(19,20)18-10-9-15(12-18)14-5-3-2-4-6-14/h2-6,13,15-17H,7-12H2,1H3. The topological polar surface area (TPSA) is 49.4 Å². The number of hydrogen-bond donors (Lipinski definition) is 1. The maximum atomic E-state index is 12.6. The van der Waals surface area contributed by atoms with Crippen LogP contribution in [0.4, 0.5) is 0 Å². The molecule has 0 spiro atoms. The zero-order chi connectivity index (χ0) is 14.9. The molecule has 5 heteroatoms. The smallest absolute Gasteiger partial charge is 0.217 e. The van der Waals surface area contributed by atoms with Crippen LogP contribution in [0.25, 0.3) is 0 Å². The highest BCUT2D eigenvalue weighted by atomic mass is 32.2. The van der Waals surface area contributed by atoms with Crippen molar-refractivity contribution < 1.29 is 8.42 Å². The molecule has 4 nitrogen and oxygen atoms in total. The highest BCUT2D eigenvalue weighted by molar-refractivity contribution is 7.89. The number of rotatable bonds is 6. The molecule has 1 aromatic rings. The zero-order valence-corrected chi connectivity index (χ0v) is 13.3. The van der Waals surface area contributed by atoms with E-state index in [1.807, 2.05) is 25.1 Å². The lowest BCUT2D eigenvalue weighted by molar-refractivity contribution is 0.459. The second-order valence-electron chi connectivity index (χ2n) is 6.29. The maximum Gasteiger partial charge on any atom is 0.217 e. The molecule has 1 N–H and O–H groups in total. The molecule has 1 aliphatic carbocycles. The van der Waals surface area contributed by atoms with Crippen molar-refractivity contribution in [2.45, 2.75) is 43.4 Å². The highest BCUT2D eigenvalue weighted by Gasteiger charge is 2.35. The van der Waals surface area contributed by atoms with Crippen LogP contribution in [-0.4, -0.2) is 43.6 Å². The van der Waals surface area contributed by atoms with E-state index in [2.05, 4.69) is 17.4 Å². The van der Waals surface area contributed by atoms with E-state index in [1.54, 1.807) is 4.31 Å². The quantitative estimate of drug-likeness (QED) is 0.874. The van der Waals surface area contributed by atoms with Crippen LogP contribution in [0.15, 0.2) is 30.3 Å². The van der Waals surface area contributed by atoms with Crippen LogP contribution in [0.5, 0.6) is 0 Å². The molecule has 0 bridgehead atoms. The minimum Gasteiger partial charge on any atom is -0.313 e. The van der Waals surface area contributed by atoms with Gasteiger partial charge in [-0.2, -0.15) is 0 Å². The van der Waals surface area contributed by atoms with Crippen molar-refractivity contribution in [2.24, 2.45) is 0 Å². The summed E-state index contributed by atoms with van der Waals surface area (Å²) < 4.78 is 26.9. The van der Waals surface area contributed by atoms with Gasteiger partial charge in [-0.3, -0.25) is 0 Å². The van der Waals surface area contributed by atoms with Crippen molar-refractivity contribution in [2.75, 3.05) is 19.6 Å². The molecular formula is C16H24N2O2S. The summed E-state index contributed by atoms with van der Waals surface area (Å²) in [5, 5.41) is 2.98. The lowest BCUT2D eigenvalue weighted by Gasteiger charge is -2.22. The minimum absolute atomic E-state index is 0.338. The summed E-state index contributed by atoms with van der Waals surface area (Å²) in [6.07, 6.45) is 3.30. The van der Waals surface area contributed by atoms with E-state index in [0.717, 1.165) is 6.42 Å². The third-order valence-electron chi connectivity index (χ3n) is 4.56. The Labute approximate surface area is 127 Å². The normalized spacial score (nSPS) is 25.1. The van der Waals surface area contributed by atoms with Crippen LogP contribution in [-0.2, 0) is 10.0 Å². The van der Waals surface area contributed by atoms with E-state index >= 15 is 0 Å². The number of nitrogens with one attached hydrogen (secondary N) is 1. The molecular weight excluding hydrogens is 284 g/mol. The molecule has 1 aliphatic heterocycles. The molecule has 21 heavy (non-hydrogen) atoms. The van der Waals surface area contributed by atoms with Gasteiger partial charge in [-0.05, 0) is 37.7 Å². The van der Waals surface area contributed by atoms with Crippen LogP contribution in [0.2, 0.25) is 0 Å². The maximum absolute atomic E-state index is 12.6. The van der Waals surface area contributed by atoms with Gasteiger partial charge in [0.25, 0.3) is 0 Å². The van der Waals surface area contributed by atoms with Gasteiger partial charge >= 0.3 is 0 Å². The molecule has 3 rings (SSSR count). The molecule has 0 aromatic heterocycles. The van der Waals surface area contributed by atoms with Crippen LogP contribution in [0.3, 0.4) is 0 Å². The third-order valence-corrected chi connectivity index (χ3v) is 6.80. The zero-order valence-electron chi connectivity index (χ0n) is 12.5. The molecule has 2 fully saturated rings. The average Bonchev–Trinajstić information content (AvgIpc) is 3.18. The second-order valence-corrected chi connectivity index (χ2v) is 8.64. The summed E-state index contributed by atoms with van der Waals surface area (Å²) in [5.74, 6) is 0.338. The lowest BCUT2D eigenvalue weighted by Crippen LogP contribution is -2.41. The monoisotopic (exact) mass is 308 g/mol. The fourth-order valence-electron chi connectivity index (χ4n) is 2.94. The Balaban J connectivity index is 1.61. The van der Waals surface area contributed by atoms with E-state index in [4.69, 9.17) is 0 Å². The first kappa shape index (κ1) is 15.0. The Morgan fingerprint density at radius 2 is 1.95 bits per heavy atom. The largest absolute Gasteiger partial charge is 0.313 e. The van der Waals surface area contributed by atoms with E-state index in [0.29, 0.717) is 31.6 Å². The van der Waals surface area contributed by atoms with Gasteiger partial charge in [0, 0.05) is 25.7 Å². The van der Waals surface area contributed by atoms with E-state index < -0.39 is 10.0 Å². The predicted molar refractivity (Wildman–Crippen MR) is 84.8 cm³/mol. The van der Waals surface area contributed by atoms with Gasteiger partial charge in [-0.25, -0.2) is 12.7 Å². The Bertz CT molecular complexity index is 569. The summed E-state index contributed by atoms with van der Waals surface area (Å²) in [6.45, 7) is 3.66. The second kappa shape index (κ2) is 6.07. The molecule has 1 heterocycles. The summed E-state index contributed by atoms with van der Waals surface area (Å²) in [7, 11) is -3.18. The Kier molecular flexibility index (Phi) is 4.33. The van der Waals surface area contributed by atoms with Crippen LogP contribution in [0.1, 0.15) is 37.7 Å². The number of nitrogens with zero attached hydrogens (tertiary/aromatic N) is 1. The molecule has 2 aliphatic rings. The van der Waals surface area contributed by atoms with E-state index in [1.165, 1.54) is 18.4 Å².